The Labute approximate surface area is 131 Å². The Balaban J connectivity index is 1.85. The predicted octanol–water partition coefficient (Wildman–Crippen LogP) is 4.23. The van der Waals surface area contributed by atoms with Crippen molar-refractivity contribution in [3.63, 3.8) is 0 Å². The van der Waals surface area contributed by atoms with Gasteiger partial charge in [0.15, 0.2) is 11.5 Å². The lowest BCUT2D eigenvalue weighted by Gasteiger charge is -2.12. The maximum absolute atomic E-state index is 8.88. The third-order valence-electron chi connectivity index (χ3n) is 3.12. The monoisotopic (exact) mass is 344 g/mol. The molecule has 0 aromatic heterocycles. The van der Waals surface area contributed by atoms with Crippen LogP contribution >= 0.6 is 15.9 Å². The number of anilines is 2. The fourth-order valence-corrected chi connectivity index (χ4v) is 2.56. The van der Waals surface area contributed by atoms with Gasteiger partial charge in [0.25, 0.3) is 0 Å². The SMILES string of the molecule is N#Cc1ccc(Nc2ccc3c(c2)OCCCO3)c(Br)c1. The van der Waals surface area contributed by atoms with Crippen LogP contribution in [0.2, 0.25) is 0 Å². The van der Waals surface area contributed by atoms with Crippen LogP contribution < -0.4 is 14.8 Å². The minimum Gasteiger partial charge on any atom is -0.490 e. The minimum atomic E-state index is 0.617. The molecule has 21 heavy (non-hydrogen) atoms. The summed E-state index contributed by atoms with van der Waals surface area (Å²) in [4.78, 5) is 0. The summed E-state index contributed by atoms with van der Waals surface area (Å²) < 4.78 is 12.1. The van der Waals surface area contributed by atoms with Gasteiger partial charge in [-0.2, -0.15) is 5.26 Å². The molecule has 0 radical (unpaired) electrons. The number of hydrogen-bond acceptors (Lipinski definition) is 4. The predicted molar refractivity (Wildman–Crippen MR) is 84.2 cm³/mol. The van der Waals surface area contributed by atoms with Gasteiger partial charge in [-0.25, -0.2) is 0 Å². The molecule has 0 aliphatic carbocycles. The molecule has 0 atom stereocenters. The molecule has 2 aromatic rings. The minimum absolute atomic E-state index is 0.617. The first kappa shape index (κ1) is 13.8. The summed E-state index contributed by atoms with van der Waals surface area (Å²) in [6, 6.07) is 13.3. The number of nitrogens with one attached hydrogen (secondary N) is 1. The summed E-state index contributed by atoms with van der Waals surface area (Å²) in [5.74, 6) is 1.53. The number of nitriles is 1. The van der Waals surface area contributed by atoms with E-state index in [9.17, 15) is 0 Å². The summed E-state index contributed by atoms with van der Waals surface area (Å²) in [6.07, 6.45) is 0.888. The molecule has 1 heterocycles. The largest absolute Gasteiger partial charge is 0.490 e. The van der Waals surface area contributed by atoms with Crippen molar-refractivity contribution in [1.29, 1.82) is 5.26 Å². The van der Waals surface area contributed by atoms with Gasteiger partial charge in [0, 0.05) is 22.6 Å². The van der Waals surface area contributed by atoms with Crippen LogP contribution in [0.5, 0.6) is 11.5 Å². The van der Waals surface area contributed by atoms with E-state index in [0.717, 1.165) is 33.8 Å². The van der Waals surface area contributed by atoms with E-state index < -0.39 is 0 Å². The molecule has 2 aromatic carbocycles. The van der Waals surface area contributed by atoms with Gasteiger partial charge in [-0.15, -0.1) is 0 Å². The summed E-state index contributed by atoms with van der Waals surface area (Å²) in [7, 11) is 0. The molecular formula is C16H13BrN2O2. The molecule has 0 bridgehead atoms. The number of fused-ring (bicyclic) bond motifs is 1. The van der Waals surface area contributed by atoms with E-state index in [4.69, 9.17) is 14.7 Å². The average Bonchev–Trinajstić information content (AvgIpc) is 2.74. The topological polar surface area (TPSA) is 54.3 Å². The van der Waals surface area contributed by atoms with E-state index >= 15 is 0 Å². The van der Waals surface area contributed by atoms with Crippen LogP contribution in [-0.4, -0.2) is 13.2 Å². The molecule has 1 aliphatic rings. The highest BCUT2D eigenvalue weighted by molar-refractivity contribution is 9.10. The van der Waals surface area contributed by atoms with Crippen LogP contribution in [0, 0.1) is 11.3 Å². The van der Waals surface area contributed by atoms with Crippen molar-refractivity contribution in [2.24, 2.45) is 0 Å². The van der Waals surface area contributed by atoms with E-state index in [1.165, 1.54) is 0 Å². The highest BCUT2D eigenvalue weighted by Gasteiger charge is 2.11. The molecule has 0 amide bonds. The van der Waals surface area contributed by atoms with Gasteiger partial charge in [0.05, 0.1) is 30.5 Å². The lowest BCUT2D eigenvalue weighted by atomic mass is 10.2. The third-order valence-corrected chi connectivity index (χ3v) is 3.78. The Morgan fingerprint density at radius 1 is 1.05 bits per heavy atom. The molecule has 3 rings (SSSR count). The first-order valence-corrected chi connectivity index (χ1v) is 7.42. The molecule has 106 valence electrons. The van der Waals surface area contributed by atoms with Crippen molar-refractivity contribution in [3.8, 4) is 17.6 Å². The molecule has 1 aliphatic heterocycles. The zero-order valence-electron chi connectivity index (χ0n) is 11.2. The van der Waals surface area contributed by atoms with Crippen LogP contribution in [0.4, 0.5) is 11.4 Å². The van der Waals surface area contributed by atoms with E-state index in [-0.39, 0.29) is 0 Å². The van der Waals surface area contributed by atoms with Gasteiger partial charge in [0.1, 0.15) is 0 Å². The van der Waals surface area contributed by atoms with Gasteiger partial charge in [-0.05, 0) is 46.3 Å². The van der Waals surface area contributed by atoms with Crippen molar-refractivity contribution in [1.82, 2.24) is 0 Å². The fourth-order valence-electron chi connectivity index (χ4n) is 2.08. The Morgan fingerprint density at radius 2 is 1.86 bits per heavy atom. The molecule has 1 N–H and O–H groups in total. The number of halogens is 1. The highest BCUT2D eigenvalue weighted by Crippen LogP contribution is 2.34. The fraction of sp³-hybridized carbons (Fsp3) is 0.188. The maximum atomic E-state index is 8.88. The smallest absolute Gasteiger partial charge is 0.163 e. The molecule has 0 saturated carbocycles. The molecule has 0 spiro atoms. The molecule has 5 heteroatoms. The lowest BCUT2D eigenvalue weighted by Crippen LogP contribution is -1.97. The molecule has 0 fully saturated rings. The first-order chi connectivity index (χ1) is 10.3. The second kappa shape index (κ2) is 6.06. The lowest BCUT2D eigenvalue weighted by molar-refractivity contribution is 0.297. The van der Waals surface area contributed by atoms with Gasteiger partial charge in [-0.1, -0.05) is 0 Å². The Kier molecular flexibility index (Phi) is 3.98. The molecule has 0 saturated heterocycles. The highest BCUT2D eigenvalue weighted by atomic mass is 79.9. The van der Waals surface area contributed by atoms with E-state index in [0.29, 0.717) is 18.8 Å². The number of benzene rings is 2. The van der Waals surface area contributed by atoms with Crippen LogP contribution in [0.25, 0.3) is 0 Å². The van der Waals surface area contributed by atoms with Crippen LogP contribution in [0.1, 0.15) is 12.0 Å². The third kappa shape index (κ3) is 3.11. The van der Waals surface area contributed by atoms with Gasteiger partial charge >= 0.3 is 0 Å². The van der Waals surface area contributed by atoms with Crippen molar-refractivity contribution in [2.75, 3.05) is 18.5 Å². The summed E-state index contributed by atoms with van der Waals surface area (Å²) in [5.41, 5.74) is 2.42. The molecule has 4 nitrogen and oxygen atoms in total. The molecular weight excluding hydrogens is 332 g/mol. The standard InChI is InChI=1S/C16H13BrN2O2/c17-13-8-11(10-18)2-4-14(13)19-12-3-5-15-16(9-12)21-7-1-6-20-15/h2-5,8-9,19H,1,6-7H2. The summed E-state index contributed by atoms with van der Waals surface area (Å²) >= 11 is 3.46. The van der Waals surface area contributed by atoms with Crippen LogP contribution in [0.15, 0.2) is 40.9 Å². The quantitative estimate of drug-likeness (QED) is 0.885. The molecule has 0 unspecified atom stereocenters. The van der Waals surface area contributed by atoms with Gasteiger partial charge < -0.3 is 14.8 Å². The number of nitrogens with zero attached hydrogens (tertiary/aromatic N) is 1. The number of hydrogen-bond donors (Lipinski definition) is 1. The normalized spacial score (nSPS) is 13.1. The zero-order chi connectivity index (χ0) is 14.7. The van der Waals surface area contributed by atoms with Crippen molar-refractivity contribution >= 4 is 27.3 Å². The number of ether oxygens (including phenoxy) is 2. The zero-order valence-corrected chi connectivity index (χ0v) is 12.8. The van der Waals surface area contributed by atoms with Crippen LogP contribution in [-0.2, 0) is 0 Å². The Hall–Kier alpha value is -2.19. The second-order valence-corrected chi connectivity index (χ2v) is 5.50. The number of rotatable bonds is 2. The van der Waals surface area contributed by atoms with Crippen molar-refractivity contribution in [3.05, 3.63) is 46.4 Å². The maximum Gasteiger partial charge on any atom is 0.163 e. The van der Waals surface area contributed by atoms with E-state index in [1.807, 2.05) is 24.3 Å². The van der Waals surface area contributed by atoms with E-state index in [1.54, 1.807) is 12.1 Å². The van der Waals surface area contributed by atoms with Crippen molar-refractivity contribution in [2.45, 2.75) is 6.42 Å². The first-order valence-electron chi connectivity index (χ1n) is 6.62. The summed E-state index contributed by atoms with van der Waals surface area (Å²) in [6.45, 7) is 1.35. The Morgan fingerprint density at radius 3 is 2.62 bits per heavy atom. The summed E-state index contributed by atoms with van der Waals surface area (Å²) in [5, 5.41) is 12.2. The van der Waals surface area contributed by atoms with Gasteiger partial charge in [0.2, 0.25) is 0 Å². The Bertz CT molecular complexity index is 710. The second-order valence-electron chi connectivity index (χ2n) is 4.64. The average molecular weight is 345 g/mol. The van der Waals surface area contributed by atoms with E-state index in [2.05, 4.69) is 27.3 Å². The van der Waals surface area contributed by atoms with Gasteiger partial charge in [-0.3, -0.25) is 0 Å². The van der Waals surface area contributed by atoms with Crippen molar-refractivity contribution < 1.29 is 9.47 Å². The van der Waals surface area contributed by atoms with Crippen LogP contribution in [0.3, 0.4) is 0 Å².